The maximum atomic E-state index is 13.7. The van der Waals surface area contributed by atoms with E-state index in [0.29, 0.717) is 44.8 Å². The van der Waals surface area contributed by atoms with Crippen LogP contribution in [0, 0.1) is 17.1 Å². The van der Waals surface area contributed by atoms with E-state index in [2.05, 4.69) is 31.6 Å². The number of nitrogens with one attached hydrogen (secondary N) is 2. The molecule has 190 valence electrons. The van der Waals surface area contributed by atoms with Crippen molar-refractivity contribution in [3.05, 3.63) is 89.5 Å². The van der Waals surface area contributed by atoms with Gasteiger partial charge < -0.3 is 10.6 Å². The molecule has 1 aliphatic heterocycles. The number of hydrogen-bond donors (Lipinski definition) is 2. The molecule has 3 aromatic carbocycles. The molecule has 2 heterocycles. The number of nitrogens with zero attached hydrogens (tertiary/aromatic N) is 4. The number of hydrogen-bond acceptors (Lipinski definition) is 6. The van der Waals surface area contributed by atoms with Crippen molar-refractivity contribution in [2.45, 2.75) is 18.9 Å². The fraction of sp³-hybridized carbons (Fsp3) is 0.172. The number of nitriles is 1. The molecule has 1 aromatic heterocycles. The van der Waals surface area contributed by atoms with E-state index in [-0.39, 0.29) is 17.0 Å². The van der Waals surface area contributed by atoms with Gasteiger partial charge >= 0.3 is 0 Å². The molecule has 7 nitrogen and oxygen atoms in total. The van der Waals surface area contributed by atoms with Crippen LogP contribution in [-0.2, 0) is 4.79 Å². The summed E-state index contributed by atoms with van der Waals surface area (Å²) in [6.45, 7) is 1.01. The topological polar surface area (TPSA) is 93.9 Å². The van der Waals surface area contributed by atoms with Gasteiger partial charge in [0.1, 0.15) is 18.0 Å². The molecule has 1 atom stereocenters. The summed E-state index contributed by atoms with van der Waals surface area (Å²) in [4.78, 5) is 24.1. The number of halogens is 2. The second-order valence-electron chi connectivity index (χ2n) is 9.09. The van der Waals surface area contributed by atoms with Crippen LogP contribution in [0.1, 0.15) is 18.4 Å². The second kappa shape index (κ2) is 11.0. The third kappa shape index (κ3) is 5.35. The minimum Gasteiger partial charge on any atom is -0.340 e. The molecule has 9 heteroatoms. The Labute approximate surface area is 224 Å². The van der Waals surface area contributed by atoms with Crippen molar-refractivity contribution in [1.29, 1.82) is 5.26 Å². The number of fused-ring (bicyclic) bond motifs is 1. The summed E-state index contributed by atoms with van der Waals surface area (Å²) in [5, 5.41) is 16.3. The highest BCUT2D eigenvalue weighted by molar-refractivity contribution is 6.31. The van der Waals surface area contributed by atoms with Gasteiger partial charge in [-0.25, -0.2) is 14.4 Å². The summed E-state index contributed by atoms with van der Waals surface area (Å²) >= 11 is 5.99. The fourth-order valence-corrected chi connectivity index (χ4v) is 4.84. The van der Waals surface area contributed by atoms with Gasteiger partial charge in [0.2, 0.25) is 5.91 Å². The molecule has 38 heavy (non-hydrogen) atoms. The van der Waals surface area contributed by atoms with Crippen LogP contribution in [0.15, 0.2) is 73.1 Å². The van der Waals surface area contributed by atoms with Crippen LogP contribution in [0.3, 0.4) is 0 Å². The summed E-state index contributed by atoms with van der Waals surface area (Å²) in [5.74, 6) is -0.353. The van der Waals surface area contributed by atoms with Gasteiger partial charge in [-0.05, 0) is 74.5 Å². The van der Waals surface area contributed by atoms with Crippen LogP contribution in [0.2, 0.25) is 5.02 Å². The van der Waals surface area contributed by atoms with Gasteiger partial charge in [-0.1, -0.05) is 29.8 Å². The van der Waals surface area contributed by atoms with E-state index in [1.165, 1.54) is 18.5 Å². The van der Waals surface area contributed by atoms with Crippen molar-refractivity contribution in [2.24, 2.45) is 0 Å². The Morgan fingerprint density at radius 3 is 2.84 bits per heavy atom. The predicted octanol–water partition coefficient (Wildman–Crippen LogP) is 6.29. The second-order valence-corrected chi connectivity index (χ2v) is 9.50. The van der Waals surface area contributed by atoms with E-state index < -0.39 is 5.82 Å². The summed E-state index contributed by atoms with van der Waals surface area (Å²) < 4.78 is 13.7. The highest BCUT2D eigenvalue weighted by atomic mass is 35.5. The number of amides is 1. The summed E-state index contributed by atoms with van der Waals surface area (Å²) in [6, 6.07) is 17.4. The average Bonchev–Trinajstić information content (AvgIpc) is 3.34. The van der Waals surface area contributed by atoms with Crippen LogP contribution in [0.4, 0.5) is 21.6 Å². The van der Waals surface area contributed by atoms with E-state index in [4.69, 9.17) is 11.6 Å². The molecule has 0 saturated carbocycles. The number of carbonyl (C=O) groups is 1. The average molecular weight is 527 g/mol. The van der Waals surface area contributed by atoms with Crippen molar-refractivity contribution < 1.29 is 9.18 Å². The van der Waals surface area contributed by atoms with Crippen molar-refractivity contribution in [3.8, 4) is 17.2 Å². The minimum atomic E-state index is -0.527. The van der Waals surface area contributed by atoms with Gasteiger partial charge in [-0.3, -0.25) is 9.69 Å². The zero-order chi connectivity index (χ0) is 26.6. The van der Waals surface area contributed by atoms with Gasteiger partial charge in [0, 0.05) is 29.1 Å². The largest absolute Gasteiger partial charge is 0.340 e. The fourth-order valence-electron chi connectivity index (χ4n) is 4.66. The monoisotopic (exact) mass is 526 g/mol. The van der Waals surface area contributed by atoms with Crippen LogP contribution in [-0.4, -0.2) is 40.4 Å². The van der Waals surface area contributed by atoms with Crippen LogP contribution >= 0.6 is 11.6 Å². The number of benzene rings is 3. The van der Waals surface area contributed by atoms with Crippen LogP contribution < -0.4 is 10.6 Å². The Morgan fingerprint density at radius 1 is 1.21 bits per heavy atom. The number of likely N-dealkylation sites (tertiary alicyclic amines) is 1. The summed E-state index contributed by atoms with van der Waals surface area (Å²) in [7, 11) is 2.05. The number of rotatable bonds is 6. The van der Waals surface area contributed by atoms with Crippen LogP contribution in [0.5, 0.6) is 0 Å². The van der Waals surface area contributed by atoms with Crippen molar-refractivity contribution in [1.82, 2.24) is 14.9 Å². The maximum absolute atomic E-state index is 13.7. The van der Waals surface area contributed by atoms with E-state index >= 15 is 0 Å². The Hall–Kier alpha value is -4.32. The predicted molar refractivity (Wildman–Crippen MR) is 148 cm³/mol. The first-order valence-corrected chi connectivity index (χ1v) is 12.5. The molecule has 1 fully saturated rings. The molecule has 1 saturated heterocycles. The maximum Gasteiger partial charge on any atom is 0.248 e. The van der Waals surface area contributed by atoms with Gasteiger partial charge in [0.15, 0.2) is 0 Å². The Balaban J connectivity index is 1.61. The zero-order valence-electron chi connectivity index (χ0n) is 20.6. The van der Waals surface area contributed by atoms with E-state index in [1.807, 2.05) is 19.2 Å². The van der Waals surface area contributed by atoms with Crippen molar-refractivity contribution in [3.63, 3.8) is 0 Å². The normalized spacial score (nSPS) is 15.6. The van der Waals surface area contributed by atoms with Crippen molar-refractivity contribution in [2.75, 3.05) is 24.2 Å². The Morgan fingerprint density at radius 2 is 2.08 bits per heavy atom. The lowest BCUT2D eigenvalue weighted by atomic mass is 9.97. The lowest BCUT2D eigenvalue weighted by Crippen LogP contribution is -2.23. The highest BCUT2D eigenvalue weighted by Crippen LogP contribution is 2.39. The van der Waals surface area contributed by atoms with Gasteiger partial charge in [-0.2, -0.15) is 5.26 Å². The summed E-state index contributed by atoms with van der Waals surface area (Å²) in [6.07, 6.45) is 7.03. The van der Waals surface area contributed by atoms with Gasteiger partial charge in [0.25, 0.3) is 0 Å². The third-order valence-electron chi connectivity index (χ3n) is 6.57. The Kier molecular flexibility index (Phi) is 7.31. The van der Waals surface area contributed by atoms with Gasteiger partial charge in [-0.15, -0.1) is 0 Å². The SMILES string of the molecule is CN1CCCC1/C=C/C(=O)Nc1ccc2ncnc(Nc3ccc(F)c(Cl)c3)c2c1-c1cccc(C#N)c1. The molecule has 1 unspecified atom stereocenters. The third-order valence-corrected chi connectivity index (χ3v) is 6.86. The number of anilines is 3. The molecule has 1 amide bonds. The van der Waals surface area contributed by atoms with Gasteiger partial charge in [0.05, 0.1) is 27.6 Å². The van der Waals surface area contributed by atoms with E-state index in [9.17, 15) is 14.4 Å². The van der Waals surface area contributed by atoms with Crippen molar-refractivity contribution >= 4 is 45.6 Å². The molecule has 0 bridgehead atoms. The molecule has 0 radical (unpaired) electrons. The molecule has 5 rings (SSSR count). The number of carbonyl (C=O) groups excluding carboxylic acids is 1. The highest BCUT2D eigenvalue weighted by Gasteiger charge is 2.20. The first kappa shape index (κ1) is 25.3. The quantitative estimate of drug-likeness (QED) is 0.287. The molecule has 2 N–H and O–H groups in total. The van der Waals surface area contributed by atoms with E-state index in [1.54, 1.807) is 42.5 Å². The first-order chi connectivity index (χ1) is 18.4. The standard InChI is InChI=1S/C29H24ClFN6O/c1-37-13-3-6-21(37)8-12-26(38)36-25-11-10-24-28(27(25)19-5-2-4-18(14-19)16-32)29(34-17-33-24)35-20-7-9-23(31)22(30)15-20/h2,4-5,7-12,14-15,17,21H,3,6,13H2,1H3,(H,36,38)(H,33,34,35)/b12-8+. The first-order valence-electron chi connectivity index (χ1n) is 12.1. The summed E-state index contributed by atoms with van der Waals surface area (Å²) in [5.41, 5.74) is 3.52. The lowest BCUT2D eigenvalue weighted by Gasteiger charge is -2.17. The molecule has 1 aliphatic rings. The minimum absolute atomic E-state index is 0.0250. The number of likely N-dealkylation sites (N-methyl/N-ethyl adjacent to an activating group) is 1. The lowest BCUT2D eigenvalue weighted by molar-refractivity contribution is -0.111. The molecular weight excluding hydrogens is 503 g/mol. The molecule has 0 spiro atoms. The number of aromatic nitrogens is 2. The molecule has 0 aliphatic carbocycles. The zero-order valence-corrected chi connectivity index (χ0v) is 21.3. The smallest absolute Gasteiger partial charge is 0.248 e. The molecule has 4 aromatic rings. The van der Waals surface area contributed by atoms with Crippen LogP contribution in [0.25, 0.3) is 22.0 Å². The van der Waals surface area contributed by atoms with E-state index in [0.717, 1.165) is 19.4 Å². The Bertz CT molecular complexity index is 1600. The molecular formula is C29H24ClFN6O.